The normalized spacial score (nSPS) is 16.0. The maximum Gasteiger partial charge on any atom is 0.343 e. The Labute approximate surface area is 252 Å². The van der Waals surface area contributed by atoms with Crippen LogP contribution in [0.3, 0.4) is 0 Å². The van der Waals surface area contributed by atoms with Gasteiger partial charge in [0, 0.05) is 5.92 Å². The Kier molecular flexibility index (Phi) is 8.04. The molecular formula is C37H36O6. The minimum atomic E-state index is -0.427. The zero-order valence-electron chi connectivity index (χ0n) is 24.9. The van der Waals surface area contributed by atoms with E-state index in [4.69, 9.17) is 18.9 Å². The molecule has 4 aromatic carbocycles. The molecule has 220 valence electrons. The second-order valence-corrected chi connectivity index (χ2v) is 11.6. The molecule has 6 nitrogen and oxygen atoms in total. The Bertz CT molecular complexity index is 1630. The number of benzene rings is 4. The van der Waals surface area contributed by atoms with Crippen molar-refractivity contribution < 1.29 is 28.5 Å². The third-order valence-corrected chi connectivity index (χ3v) is 8.62. The Hall–Kier alpha value is -4.42. The first-order chi connectivity index (χ1) is 20.9. The lowest BCUT2D eigenvalue weighted by atomic mass is 9.84. The highest BCUT2D eigenvalue weighted by Gasteiger charge is 2.37. The van der Waals surface area contributed by atoms with E-state index in [1.165, 1.54) is 5.56 Å². The van der Waals surface area contributed by atoms with Crippen LogP contribution in [-0.4, -0.2) is 31.8 Å². The molecule has 43 heavy (non-hydrogen) atoms. The largest absolute Gasteiger partial charge is 0.493 e. The molecule has 0 bridgehead atoms. The summed E-state index contributed by atoms with van der Waals surface area (Å²) < 4.78 is 22.8. The first kappa shape index (κ1) is 28.7. The molecule has 0 aromatic heterocycles. The van der Waals surface area contributed by atoms with Crippen LogP contribution in [-0.2, 0) is 11.2 Å². The smallest absolute Gasteiger partial charge is 0.343 e. The maximum atomic E-state index is 12.9. The number of carbonyl (C=O) groups is 2. The van der Waals surface area contributed by atoms with Crippen molar-refractivity contribution in [1.82, 2.24) is 0 Å². The third-order valence-electron chi connectivity index (χ3n) is 8.62. The average Bonchev–Trinajstić information content (AvgIpc) is 3.28. The molecule has 0 N–H and O–H groups in total. The molecule has 0 saturated carbocycles. The fourth-order valence-electron chi connectivity index (χ4n) is 5.72. The molecule has 6 heteroatoms. The second kappa shape index (κ2) is 12.1. The molecule has 1 fully saturated rings. The topological polar surface area (TPSA) is 71.1 Å². The van der Waals surface area contributed by atoms with E-state index in [1.807, 2.05) is 60.7 Å². The van der Waals surface area contributed by atoms with Crippen LogP contribution in [0.2, 0.25) is 0 Å². The summed E-state index contributed by atoms with van der Waals surface area (Å²) in [5.74, 6) is 0.944. The number of hydrogen-bond donors (Lipinski definition) is 0. The van der Waals surface area contributed by atoms with Crippen molar-refractivity contribution in [3.8, 4) is 28.4 Å². The van der Waals surface area contributed by atoms with E-state index in [2.05, 4.69) is 20.8 Å². The molecule has 0 spiro atoms. The monoisotopic (exact) mass is 576 g/mol. The Balaban J connectivity index is 1.10. The number of ether oxygens (including phenoxy) is 4. The zero-order chi connectivity index (χ0) is 30.0. The van der Waals surface area contributed by atoms with E-state index in [0.29, 0.717) is 29.2 Å². The zero-order valence-corrected chi connectivity index (χ0v) is 24.9. The minimum absolute atomic E-state index is 0.0412. The van der Waals surface area contributed by atoms with Gasteiger partial charge < -0.3 is 18.9 Å². The Morgan fingerprint density at radius 1 is 0.744 bits per heavy atom. The highest BCUT2D eigenvalue weighted by molar-refractivity contribution is 5.92. The third kappa shape index (κ3) is 5.93. The Morgan fingerprint density at radius 3 is 1.72 bits per heavy atom. The maximum absolute atomic E-state index is 12.9. The molecule has 1 unspecified atom stereocenters. The molecule has 1 aliphatic heterocycles. The lowest BCUT2D eigenvalue weighted by Crippen LogP contribution is -2.46. The van der Waals surface area contributed by atoms with Crippen LogP contribution >= 0.6 is 0 Å². The molecule has 0 amide bonds. The van der Waals surface area contributed by atoms with Crippen LogP contribution in [0.1, 0.15) is 76.9 Å². The van der Waals surface area contributed by atoms with Crippen molar-refractivity contribution in [1.29, 1.82) is 0 Å². The molecule has 1 aliphatic carbocycles. The van der Waals surface area contributed by atoms with E-state index < -0.39 is 5.97 Å². The second-order valence-electron chi connectivity index (χ2n) is 11.6. The van der Waals surface area contributed by atoms with E-state index >= 15 is 0 Å². The fourth-order valence-corrected chi connectivity index (χ4v) is 5.72. The summed E-state index contributed by atoms with van der Waals surface area (Å²) in [7, 11) is 0. The van der Waals surface area contributed by atoms with Crippen LogP contribution in [0.5, 0.6) is 17.2 Å². The predicted octanol–water partition coefficient (Wildman–Crippen LogP) is 8.02. The SMILES string of the molecule is CCCc1ccc(C(=O)Oc2ccc3c(c2)C(C)c2cc(OC(=O)c4ccc(OCC5(CC)COC5)cc4)ccc2-3)cc1. The number of aryl methyl sites for hydroxylation is 1. The summed E-state index contributed by atoms with van der Waals surface area (Å²) in [5, 5.41) is 0. The summed E-state index contributed by atoms with van der Waals surface area (Å²) >= 11 is 0. The van der Waals surface area contributed by atoms with Crippen LogP contribution in [0.25, 0.3) is 11.1 Å². The van der Waals surface area contributed by atoms with Crippen molar-refractivity contribution in [2.45, 2.75) is 46.0 Å². The van der Waals surface area contributed by atoms with Gasteiger partial charge in [-0.05, 0) is 101 Å². The summed E-state index contributed by atoms with van der Waals surface area (Å²) in [4.78, 5) is 25.7. The predicted molar refractivity (Wildman–Crippen MR) is 165 cm³/mol. The lowest BCUT2D eigenvalue weighted by Gasteiger charge is -2.40. The van der Waals surface area contributed by atoms with Gasteiger partial charge in [0.15, 0.2) is 0 Å². The Morgan fingerprint density at radius 2 is 1.26 bits per heavy atom. The molecule has 1 saturated heterocycles. The highest BCUT2D eigenvalue weighted by atomic mass is 16.5. The number of rotatable bonds is 10. The van der Waals surface area contributed by atoms with Gasteiger partial charge in [-0.15, -0.1) is 0 Å². The summed E-state index contributed by atoms with van der Waals surface area (Å²) in [6.45, 7) is 8.42. The van der Waals surface area contributed by atoms with Crippen LogP contribution in [0, 0.1) is 5.41 Å². The van der Waals surface area contributed by atoms with E-state index in [9.17, 15) is 9.59 Å². The number of hydrogen-bond acceptors (Lipinski definition) is 6. The molecule has 0 radical (unpaired) electrons. The van der Waals surface area contributed by atoms with E-state index in [0.717, 1.165) is 60.5 Å². The van der Waals surface area contributed by atoms with E-state index in [-0.39, 0.29) is 17.3 Å². The van der Waals surface area contributed by atoms with Crippen molar-refractivity contribution in [3.63, 3.8) is 0 Å². The van der Waals surface area contributed by atoms with E-state index in [1.54, 1.807) is 24.3 Å². The van der Waals surface area contributed by atoms with Gasteiger partial charge in [-0.1, -0.05) is 51.5 Å². The van der Waals surface area contributed by atoms with Gasteiger partial charge in [-0.2, -0.15) is 0 Å². The van der Waals surface area contributed by atoms with Crippen molar-refractivity contribution in [3.05, 3.63) is 113 Å². The first-order valence-electron chi connectivity index (χ1n) is 15.0. The summed E-state index contributed by atoms with van der Waals surface area (Å²) in [6, 6.07) is 26.1. The van der Waals surface area contributed by atoms with Gasteiger partial charge >= 0.3 is 11.9 Å². The van der Waals surface area contributed by atoms with Crippen molar-refractivity contribution >= 4 is 11.9 Å². The molecule has 1 atom stereocenters. The minimum Gasteiger partial charge on any atom is -0.493 e. The van der Waals surface area contributed by atoms with Gasteiger partial charge in [0.25, 0.3) is 0 Å². The van der Waals surface area contributed by atoms with Crippen LogP contribution in [0.4, 0.5) is 0 Å². The van der Waals surface area contributed by atoms with Gasteiger partial charge in [0.2, 0.25) is 0 Å². The van der Waals surface area contributed by atoms with Crippen LogP contribution in [0.15, 0.2) is 84.9 Å². The van der Waals surface area contributed by atoms with Gasteiger partial charge in [0.1, 0.15) is 17.2 Å². The molecular weight excluding hydrogens is 540 g/mol. The number of esters is 2. The summed E-state index contributed by atoms with van der Waals surface area (Å²) in [5.41, 5.74) is 6.56. The standard InChI is InChI=1S/C37H36O6/c1-4-6-25-7-9-26(10-8-25)35(38)42-29-15-17-31-32-18-16-30(20-34(32)24(3)33(31)19-29)43-36(39)27-11-13-28(14-12-27)41-23-37(5-2)21-40-22-37/h7-20,24H,4-6,21-23H2,1-3H3. The number of carbonyl (C=O) groups excluding carboxylic acids is 2. The molecule has 2 aliphatic rings. The van der Waals surface area contributed by atoms with Gasteiger partial charge in [-0.3, -0.25) is 0 Å². The molecule has 1 heterocycles. The van der Waals surface area contributed by atoms with Gasteiger partial charge in [-0.25, -0.2) is 9.59 Å². The molecule has 4 aromatic rings. The molecule has 6 rings (SSSR count). The number of fused-ring (bicyclic) bond motifs is 3. The highest BCUT2D eigenvalue weighted by Crippen LogP contribution is 2.47. The van der Waals surface area contributed by atoms with Crippen molar-refractivity contribution in [2.75, 3.05) is 19.8 Å². The van der Waals surface area contributed by atoms with Crippen molar-refractivity contribution in [2.24, 2.45) is 5.41 Å². The quantitative estimate of drug-likeness (QED) is 0.141. The summed E-state index contributed by atoms with van der Waals surface area (Å²) in [6.07, 6.45) is 3.05. The van der Waals surface area contributed by atoms with Gasteiger partial charge in [0.05, 0.1) is 36.4 Å². The average molecular weight is 577 g/mol. The lowest BCUT2D eigenvalue weighted by molar-refractivity contribution is -0.133. The fraction of sp³-hybridized carbons (Fsp3) is 0.297. The van der Waals surface area contributed by atoms with Crippen LogP contribution < -0.4 is 14.2 Å². The first-order valence-corrected chi connectivity index (χ1v) is 15.0.